The Morgan fingerprint density at radius 1 is 0.833 bits per heavy atom. The van der Waals surface area contributed by atoms with Crippen LogP contribution in [0.1, 0.15) is 18.9 Å². The molecule has 6 heteroatoms. The molecule has 5 nitrogen and oxygen atoms in total. The van der Waals surface area contributed by atoms with Gasteiger partial charge in [0.1, 0.15) is 5.82 Å². The SMILES string of the molecule is C/C(CC(=O)Nc1ccc(F)cc1)=N/NC(=O)Cc1ccc(-c2ccccc2)cc1. The molecule has 2 N–H and O–H groups in total. The summed E-state index contributed by atoms with van der Waals surface area (Å²) < 4.78 is 12.9. The Kier molecular flexibility index (Phi) is 7.05. The van der Waals surface area contributed by atoms with Gasteiger partial charge in [-0.25, -0.2) is 9.82 Å². The first kappa shape index (κ1) is 20.9. The molecule has 3 rings (SSSR count). The quantitative estimate of drug-likeness (QED) is 0.449. The zero-order valence-electron chi connectivity index (χ0n) is 16.6. The third-order valence-electron chi connectivity index (χ3n) is 4.34. The minimum atomic E-state index is -0.372. The second-order valence-electron chi connectivity index (χ2n) is 6.85. The molecule has 3 aromatic carbocycles. The van der Waals surface area contributed by atoms with E-state index in [9.17, 15) is 14.0 Å². The largest absolute Gasteiger partial charge is 0.326 e. The molecule has 0 aliphatic carbocycles. The number of carbonyl (C=O) groups is 2. The molecule has 0 fully saturated rings. The van der Waals surface area contributed by atoms with Gasteiger partial charge in [-0.3, -0.25) is 9.59 Å². The van der Waals surface area contributed by atoms with Crippen molar-refractivity contribution in [1.82, 2.24) is 5.43 Å². The zero-order chi connectivity index (χ0) is 21.3. The van der Waals surface area contributed by atoms with Crippen LogP contribution in [0.5, 0.6) is 0 Å². The fourth-order valence-corrected chi connectivity index (χ4v) is 2.84. The average Bonchev–Trinajstić information content (AvgIpc) is 2.75. The van der Waals surface area contributed by atoms with Crippen molar-refractivity contribution in [3.8, 4) is 11.1 Å². The van der Waals surface area contributed by atoms with Crippen molar-refractivity contribution in [3.05, 3.63) is 90.2 Å². The van der Waals surface area contributed by atoms with Gasteiger partial charge in [0, 0.05) is 11.4 Å². The molecule has 0 heterocycles. The number of hydrogen-bond acceptors (Lipinski definition) is 3. The smallest absolute Gasteiger partial charge is 0.244 e. The summed E-state index contributed by atoms with van der Waals surface area (Å²) in [6.45, 7) is 1.65. The van der Waals surface area contributed by atoms with Crippen LogP contribution in [0.3, 0.4) is 0 Å². The molecule has 0 unspecified atom stereocenters. The number of nitrogens with zero attached hydrogens (tertiary/aromatic N) is 1. The Hall–Kier alpha value is -3.80. The van der Waals surface area contributed by atoms with Gasteiger partial charge in [-0.05, 0) is 47.9 Å². The molecule has 0 saturated carbocycles. The minimum Gasteiger partial charge on any atom is -0.326 e. The van der Waals surface area contributed by atoms with Crippen molar-refractivity contribution in [2.24, 2.45) is 5.10 Å². The number of hydrogen-bond donors (Lipinski definition) is 2. The van der Waals surface area contributed by atoms with Crippen LogP contribution in [0.2, 0.25) is 0 Å². The molecule has 3 aromatic rings. The van der Waals surface area contributed by atoms with Crippen molar-refractivity contribution in [2.75, 3.05) is 5.32 Å². The van der Waals surface area contributed by atoms with Crippen molar-refractivity contribution in [1.29, 1.82) is 0 Å². The van der Waals surface area contributed by atoms with Crippen molar-refractivity contribution < 1.29 is 14.0 Å². The Balaban J connectivity index is 1.47. The highest BCUT2D eigenvalue weighted by Gasteiger charge is 2.07. The van der Waals surface area contributed by atoms with Crippen LogP contribution in [0.25, 0.3) is 11.1 Å². The maximum absolute atomic E-state index is 12.9. The van der Waals surface area contributed by atoms with E-state index in [2.05, 4.69) is 15.8 Å². The van der Waals surface area contributed by atoms with Gasteiger partial charge < -0.3 is 5.32 Å². The molecule has 0 saturated heterocycles. The highest BCUT2D eigenvalue weighted by molar-refractivity contribution is 6.05. The van der Waals surface area contributed by atoms with Gasteiger partial charge in [0.15, 0.2) is 0 Å². The monoisotopic (exact) mass is 403 g/mol. The van der Waals surface area contributed by atoms with Gasteiger partial charge in [0.2, 0.25) is 11.8 Å². The Morgan fingerprint density at radius 3 is 2.13 bits per heavy atom. The lowest BCUT2D eigenvalue weighted by molar-refractivity contribution is -0.120. The Bertz CT molecular complexity index is 1030. The Morgan fingerprint density at radius 2 is 1.47 bits per heavy atom. The lowest BCUT2D eigenvalue weighted by Gasteiger charge is -2.06. The molecule has 2 amide bonds. The number of amides is 2. The fraction of sp³-hybridized carbons (Fsp3) is 0.125. The van der Waals surface area contributed by atoms with Crippen LogP contribution in [0, 0.1) is 5.82 Å². The summed E-state index contributed by atoms with van der Waals surface area (Å²) in [5.41, 5.74) is 6.50. The minimum absolute atomic E-state index is 0.0173. The van der Waals surface area contributed by atoms with E-state index in [1.807, 2.05) is 54.6 Å². The van der Waals surface area contributed by atoms with Crippen molar-refractivity contribution >= 4 is 23.2 Å². The maximum Gasteiger partial charge on any atom is 0.244 e. The summed E-state index contributed by atoms with van der Waals surface area (Å²) in [5.74, 6) is -0.933. The molecule has 0 bridgehead atoms. The number of rotatable bonds is 7. The normalized spacial score (nSPS) is 11.1. The van der Waals surface area contributed by atoms with Crippen molar-refractivity contribution in [2.45, 2.75) is 19.8 Å². The highest BCUT2D eigenvalue weighted by atomic mass is 19.1. The standard InChI is InChI=1S/C24H22FN3O2/c1-17(15-23(29)26-22-13-11-21(25)12-14-22)27-28-24(30)16-18-7-9-20(10-8-18)19-5-3-2-4-6-19/h2-14H,15-16H2,1H3,(H,26,29)(H,28,30)/b27-17-. The second kappa shape index (κ2) is 10.1. The van der Waals surface area contributed by atoms with Crippen LogP contribution < -0.4 is 10.7 Å². The van der Waals surface area contributed by atoms with E-state index < -0.39 is 0 Å². The number of anilines is 1. The average molecular weight is 403 g/mol. The van der Waals surface area contributed by atoms with Gasteiger partial charge in [-0.2, -0.15) is 5.10 Å². The number of carbonyl (C=O) groups excluding carboxylic acids is 2. The predicted molar refractivity (Wildman–Crippen MR) is 116 cm³/mol. The Labute approximate surface area is 174 Å². The number of nitrogens with one attached hydrogen (secondary N) is 2. The topological polar surface area (TPSA) is 70.6 Å². The van der Waals surface area contributed by atoms with Crippen LogP contribution in [-0.4, -0.2) is 17.5 Å². The maximum atomic E-state index is 12.9. The van der Waals surface area contributed by atoms with Gasteiger partial charge >= 0.3 is 0 Å². The second-order valence-corrected chi connectivity index (χ2v) is 6.85. The van der Waals surface area contributed by atoms with E-state index in [1.54, 1.807) is 6.92 Å². The fourth-order valence-electron chi connectivity index (χ4n) is 2.84. The van der Waals surface area contributed by atoms with E-state index in [0.29, 0.717) is 11.4 Å². The van der Waals surface area contributed by atoms with E-state index >= 15 is 0 Å². The highest BCUT2D eigenvalue weighted by Crippen LogP contribution is 2.19. The molecule has 0 aliphatic rings. The molecule has 0 aliphatic heterocycles. The van der Waals surface area contributed by atoms with E-state index in [4.69, 9.17) is 0 Å². The summed E-state index contributed by atoms with van der Waals surface area (Å²) in [7, 11) is 0. The van der Waals surface area contributed by atoms with E-state index in [-0.39, 0.29) is 30.5 Å². The summed E-state index contributed by atoms with van der Waals surface area (Å²) in [4.78, 5) is 24.1. The third-order valence-corrected chi connectivity index (χ3v) is 4.34. The summed E-state index contributed by atoms with van der Waals surface area (Å²) >= 11 is 0. The van der Waals surface area contributed by atoms with Crippen LogP contribution in [-0.2, 0) is 16.0 Å². The van der Waals surface area contributed by atoms with Gasteiger partial charge in [-0.15, -0.1) is 0 Å². The number of hydrazone groups is 1. The lowest BCUT2D eigenvalue weighted by Crippen LogP contribution is -2.22. The molecule has 0 atom stereocenters. The predicted octanol–water partition coefficient (Wildman–Crippen LogP) is 4.56. The summed E-state index contributed by atoms with van der Waals surface area (Å²) in [6, 6.07) is 23.3. The van der Waals surface area contributed by atoms with Crippen molar-refractivity contribution in [3.63, 3.8) is 0 Å². The number of benzene rings is 3. The van der Waals surface area contributed by atoms with Crippen LogP contribution in [0.4, 0.5) is 10.1 Å². The molecule has 0 aromatic heterocycles. The van der Waals surface area contributed by atoms with Gasteiger partial charge in [-0.1, -0.05) is 54.6 Å². The zero-order valence-corrected chi connectivity index (χ0v) is 16.6. The van der Waals surface area contributed by atoms with Crippen LogP contribution in [0.15, 0.2) is 84.0 Å². The molecular weight excluding hydrogens is 381 g/mol. The summed E-state index contributed by atoms with van der Waals surface area (Å²) in [6.07, 6.45) is 0.205. The molecule has 0 radical (unpaired) electrons. The molecular formula is C24H22FN3O2. The first-order valence-corrected chi connectivity index (χ1v) is 9.51. The van der Waals surface area contributed by atoms with E-state index in [0.717, 1.165) is 16.7 Å². The summed E-state index contributed by atoms with van der Waals surface area (Å²) in [5, 5.41) is 6.62. The molecule has 30 heavy (non-hydrogen) atoms. The lowest BCUT2D eigenvalue weighted by atomic mass is 10.0. The number of halogens is 1. The molecule has 0 spiro atoms. The first-order chi connectivity index (χ1) is 14.5. The third kappa shape index (κ3) is 6.38. The van der Waals surface area contributed by atoms with Gasteiger partial charge in [0.05, 0.1) is 12.8 Å². The first-order valence-electron chi connectivity index (χ1n) is 9.51. The molecule has 152 valence electrons. The van der Waals surface area contributed by atoms with Crippen LogP contribution >= 0.6 is 0 Å². The van der Waals surface area contributed by atoms with Gasteiger partial charge in [0.25, 0.3) is 0 Å². The van der Waals surface area contributed by atoms with E-state index in [1.165, 1.54) is 24.3 Å².